The highest BCUT2D eigenvalue weighted by atomic mass is 19.1. The third-order valence-electron chi connectivity index (χ3n) is 8.59. The van der Waals surface area contributed by atoms with E-state index >= 15 is 4.39 Å². The molecule has 1 N–H and O–H groups in total. The van der Waals surface area contributed by atoms with Gasteiger partial charge in [-0.1, -0.05) is 37.3 Å². The fourth-order valence-electron chi connectivity index (χ4n) is 6.35. The number of halogens is 1. The van der Waals surface area contributed by atoms with Gasteiger partial charge in [0.15, 0.2) is 17.8 Å². The van der Waals surface area contributed by atoms with Gasteiger partial charge in [-0.15, -0.1) is 0 Å². The molecule has 4 aromatic rings. The van der Waals surface area contributed by atoms with Crippen LogP contribution in [0.4, 0.5) is 9.18 Å². The molecule has 1 saturated carbocycles. The number of fused-ring (bicyclic) bond motifs is 1. The molecule has 3 atom stereocenters. The zero-order chi connectivity index (χ0) is 32.3. The molecule has 2 heterocycles. The highest BCUT2D eigenvalue weighted by Crippen LogP contribution is 2.39. The number of nitrogens with one attached hydrogen (secondary N) is 1. The highest BCUT2D eigenvalue weighted by molar-refractivity contribution is 5.91. The fraction of sp³-hybridized carbons (Fsp3) is 0.459. The van der Waals surface area contributed by atoms with Crippen LogP contribution in [-0.2, 0) is 22.5 Å². The molecule has 2 aliphatic rings. The van der Waals surface area contributed by atoms with E-state index < -0.39 is 17.5 Å². The molecule has 9 heteroatoms. The lowest BCUT2D eigenvalue weighted by Crippen LogP contribution is -2.38. The number of nitrogens with zero attached hydrogens (tertiary/aromatic N) is 2. The van der Waals surface area contributed by atoms with Gasteiger partial charge in [-0.2, -0.15) is 5.10 Å². The minimum atomic E-state index is -0.560. The molecule has 46 heavy (non-hydrogen) atoms. The molecule has 1 amide bonds. The van der Waals surface area contributed by atoms with E-state index in [1.807, 2.05) is 74.1 Å². The number of aryl methyl sites for hydroxylation is 1. The molecule has 8 nitrogen and oxygen atoms in total. The third kappa shape index (κ3) is 7.47. The average molecular weight is 630 g/mol. The maximum Gasteiger partial charge on any atom is 0.407 e. The Kier molecular flexibility index (Phi) is 9.49. The van der Waals surface area contributed by atoms with Crippen LogP contribution in [0.1, 0.15) is 83.6 Å². The van der Waals surface area contributed by atoms with Gasteiger partial charge in [0, 0.05) is 19.1 Å². The number of carbonyl (C=O) groups is 1. The van der Waals surface area contributed by atoms with Gasteiger partial charge < -0.3 is 24.3 Å². The summed E-state index contributed by atoms with van der Waals surface area (Å²) < 4.78 is 41.7. The van der Waals surface area contributed by atoms with Crippen LogP contribution < -0.4 is 14.8 Å². The van der Waals surface area contributed by atoms with Gasteiger partial charge in [-0.25, -0.2) is 13.9 Å². The quantitative estimate of drug-likeness (QED) is 0.200. The van der Waals surface area contributed by atoms with E-state index in [0.29, 0.717) is 25.2 Å². The molecule has 1 aliphatic heterocycles. The summed E-state index contributed by atoms with van der Waals surface area (Å²) in [5.74, 6) is 0.503. The van der Waals surface area contributed by atoms with Gasteiger partial charge in [-0.05, 0) is 106 Å². The van der Waals surface area contributed by atoms with Gasteiger partial charge in [0.2, 0.25) is 0 Å². The van der Waals surface area contributed by atoms with Crippen LogP contribution in [0.15, 0.2) is 60.8 Å². The van der Waals surface area contributed by atoms with Gasteiger partial charge in [0.25, 0.3) is 0 Å². The normalized spacial score (nSPS) is 20.1. The van der Waals surface area contributed by atoms with Gasteiger partial charge in [0.05, 0.1) is 17.1 Å². The number of carbonyl (C=O) groups excluding carboxylic acids is 1. The van der Waals surface area contributed by atoms with E-state index in [0.717, 1.165) is 65.3 Å². The van der Waals surface area contributed by atoms with E-state index in [4.69, 9.17) is 24.0 Å². The van der Waals surface area contributed by atoms with Gasteiger partial charge >= 0.3 is 6.09 Å². The second kappa shape index (κ2) is 13.7. The van der Waals surface area contributed by atoms with Gasteiger partial charge in [-0.3, -0.25) is 0 Å². The lowest BCUT2D eigenvalue weighted by molar-refractivity contribution is -0.0366. The molecule has 0 bridgehead atoms. The van der Waals surface area contributed by atoms with Crippen LogP contribution in [0.3, 0.4) is 0 Å². The number of benzene rings is 3. The Hall–Kier alpha value is -4.11. The van der Waals surface area contributed by atoms with Crippen LogP contribution >= 0.6 is 0 Å². The summed E-state index contributed by atoms with van der Waals surface area (Å²) in [6, 6.07) is 17.1. The van der Waals surface area contributed by atoms with Crippen LogP contribution in [-0.4, -0.2) is 40.2 Å². The maximum absolute atomic E-state index is 15.6. The Balaban J connectivity index is 1.30. The number of ether oxygens (including phenoxy) is 4. The minimum Gasteiger partial charge on any atom is -0.490 e. The summed E-state index contributed by atoms with van der Waals surface area (Å²) in [6.07, 6.45) is 7.05. The predicted octanol–water partition coefficient (Wildman–Crippen LogP) is 8.51. The molecule has 3 aromatic carbocycles. The summed E-state index contributed by atoms with van der Waals surface area (Å²) in [5.41, 5.74) is 3.89. The Morgan fingerprint density at radius 1 is 1.07 bits per heavy atom. The standard InChI is InChI=1S/C37H44FN3O5/c1-5-25-18-34(44-23-24-11-7-6-8-12-24)31(38)21-29(25)26-17-32-30(22-39-41(32)35-13-9-10-16-43-35)33(19-26)45-28-15-14-27(20-28)40-36(42)46-37(2,3)4/h6-8,11-12,17-19,21-22,27-28,35H,5,9-10,13-16,20,23H2,1-4H3,(H,40,42)/t27-,28-,35?/m0/s1. The molecule has 2 fully saturated rings. The maximum atomic E-state index is 15.6. The minimum absolute atomic E-state index is 0.0406. The fourth-order valence-corrected chi connectivity index (χ4v) is 6.35. The molecule has 0 spiro atoms. The Morgan fingerprint density at radius 2 is 1.89 bits per heavy atom. The zero-order valence-corrected chi connectivity index (χ0v) is 27.2. The second-order valence-electron chi connectivity index (χ2n) is 13.3. The van der Waals surface area contributed by atoms with E-state index in [-0.39, 0.29) is 30.7 Å². The summed E-state index contributed by atoms with van der Waals surface area (Å²) in [6.45, 7) is 8.60. The topological polar surface area (TPSA) is 83.8 Å². The number of hydrogen-bond acceptors (Lipinski definition) is 6. The summed E-state index contributed by atoms with van der Waals surface area (Å²) in [7, 11) is 0. The molecule has 6 rings (SSSR count). The summed E-state index contributed by atoms with van der Waals surface area (Å²) in [4.78, 5) is 12.4. The van der Waals surface area contributed by atoms with Crippen molar-refractivity contribution in [2.45, 2.75) is 103 Å². The van der Waals surface area contributed by atoms with Gasteiger partial charge in [0.1, 0.15) is 24.1 Å². The van der Waals surface area contributed by atoms with Crippen molar-refractivity contribution in [2.24, 2.45) is 0 Å². The van der Waals surface area contributed by atoms with Crippen molar-refractivity contribution >= 4 is 17.0 Å². The van der Waals surface area contributed by atoms with E-state index in [1.165, 1.54) is 0 Å². The SMILES string of the molecule is CCc1cc(OCc2ccccc2)c(F)cc1-c1cc(O[C@H]2CC[C@H](NC(=O)OC(C)(C)C)C2)c2cnn(C3CCCCO3)c2c1. The van der Waals surface area contributed by atoms with Crippen molar-refractivity contribution in [3.8, 4) is 22.6 Å². The van der Waals surface area contributed by atoms with Crippen molar-refractivity contribution in [3.05, 3.63) is 77.7 Å². The monoisotopic (exact) mass is 629 g/mol. The van der Waals surface area contributed by atoms with Crippen molar-refractivity contribution < 1.29 is 28.1 Å². The van der Waals surface area contributed by atoms with Crippen molar-refractivity contribution in [3.63, 3.8) is 0 Å². The highest BCUT2D eigenvalue weighted by Gasteiger charge is 2.30. The first-order chi connectivity index (χ1) is 22.2. The van der Waals surface area contributed by atoms with E-state index in [2.05, 4.69) is 18.3 Å². The first-order valence-corrected chi connectivity index (χ1v) is 16.5. The first kappa shape index (κ1) is 31.9. The third-order valence-corrected chi connectivity index (χ3v) is 8.59. The number of rotatable bonds is 9. The van der Waals surface area contributed by atoms with Crippen LogP contribution in [0, 0.1) is 5.82 Å². The Morgan fingerprint density at radius 3 is 2.63 bits per heavy atom. The van der Waals surface area contributed by atoms with Crippen LogP contribution in [0.2, 0.25) is 0 Å². The number of aromatic nitrogens is 2. The second-order valence-corrected chi connectivity index (χ2v) is 13.3. The lowest BCUT2D eigenvalue weighted by atomic mass is 9.96. The molecular formula is C37H44FN3O5. The summed E-state index contributed by atoms with van der Waals surface area (Å²) in [5, 5.41) is 8.62. The number of alkyl carbamates (subject to hydrolysis) is 1. The van der Waals surface area contributed by atoms with Crippen molar-refractivity contribution in [2.75, 3.05) is 6.61 Å². The van der Waals surface area contributed by atoms with E-state index in [9.17, 15) is 4.79 Å². The smallest absolute Gasteiger partial charge is 0.407 e. The molecule has 0 radical (unpaired) electrons. The van der Waals surface area contributed by atoms with Crippen molar-refractivity contribution in [1.82, 2.24) is 15.1 Å². The first-order valence-electron chi connectivity index (χ1n) is 16.5. The summed E-state index contributed by atoms with van der Waals surface area (Å²) >= 11 is 0. The largest absolute Gasteiger partial charge is 0.490 e. The van der Waals surface area contributed by atoms with E-state index in [1.54, 1.807) is 6.07 Å². The van der Waals surface area contributed by atoms with Crippen LogP contribution in [0.5, 0.6) is 11.5 Å². The molecular weight excluding hydrogens is 585 g/mol. The molecule has 244 valence electrons. The predicted molar refractivity (Wildman–Crippen MR) is 176 cm³/mol. The van der Waals surface area contributed by atoms with Crippen LogP contribution in [0.25, 0.3) is 22.0 Å². The lowest BCUT2D eigenvalue weighted by Gasteiger charge is -2.24. The number of amides is 1. The molecule has 1 unspecified atom stereocenters. The molecule has 1 aliphatic carbocycles. The number of hydrogen-bond donors (Lipinski definition) is 1. The molecule has 1 aromatic heterocycles. The zero-order valence-electron chi connectivity index (χ0n) is 27.2. The Bertz CT molecular complexity index is 1660. The van der Waals surface area contributed by atoms with Crippen molar-refractivity contribution in [1.29, 1.82) is 0 Å². The molecule has 1 saturated heterocycles. The Labute approximate surface area is 270 Å². The average Bonchev–Trinajstić information content (AvgIpc) is 3.67.